The number of hydrogen-bond donors (Lipinski definition) is 1. The number of rotatable bonds is 5. The first-order chi connectivity index (χ1) is 7.79. The molecule has 1 atom stereocenters. The number of ether oxygens (including phenoxy) is 1. The van der Waals surface area contributed by atoms with Crippen molar-refractivity contribution in [3.05, 3.63) is 29.8 Å². The van der Waals surface area contributed by atoms with E-state index in [1.54, 1.807) is 7.11 Å². The summed E-state index contributed by atoms with van der Waals surface area (Å²) in [6.45, 7) is 0. The summed E-state index contributed by atoms with van der Waals surface area (Å²) in [6, 6.07) is 8.11. The van der Waals surface area contributed by atoms with Gasteiger partial charge in [0.25, 0.3) is 0 Å². The molecule has 0 amide bonds. The van der Waals surface area contributed by atoms with Gasteiger partial charge in [-0.3, -0.25) is 0 Å². The van der Waals surface area contributed by atoms with Crippen LogP contribution >= 0.6 is 0 Å². The fourth-order valence-corrected chi connectivity index (χ4v) is 2.17. The molecule has 0 saturated heterocycles. The third kappa shape index (κ3) is 2.76. The molecule has 1 aliphatic rings. The number of hydrogen-bond acceptors (Lipinski definition) is 2. The van der Waals surface area contributed by atoms with E-state index < -0.39 is 0 Å². The van der Waals surface area contributed by atoms with Crippen molar-refractivity contribution in [1.82, 2.24) is 0 Å². The van der Waals surface area contributed by atoms with Crippen molar-refractivity contribution < 1.29 is 9.84 Å². The lowest BCUT2D eigenvalue weighted by Crippen LogP contribution is -2.26. The highest BCUT2D eigenvalue weighted by Crippen LogP contribution is 2.31. The minimum Gasteiger partial charge on any atom is -0.497 e. The predicted octanol–water partition coefficient (Wildman–Crippen LogP) is 2.79. The molecule has 1 aromatic carbocycles. The van der Waals surface area contributed by atoms with Gasteiger partial charge in [0.2, 0.25) is 0 Å². The number of aliphatic hydroxyl groups is 1. The molecule has 1 saturated carbocycles. The standard InChI is InChI=1S/C14H20O2/c1-16-13-8-5-11(6-9-13)7-10-14(15)12-3-2-4-12/h5-6,8-9,12,14-15H,2-4,7,10H2,1H3. The second-order valence-electron chi connectivity index (χ2n) is 4.65. The summed E-state index contributed by atoms with van der Waals surface area (Å²) in [4.78, 5) is 0. The summed E-state index contributed by atoms with van der Waals surface area (Å²) in [6.07, 6.45) is 5.46. The highest BCUT2D eigenvalue weighted by Gasteiger charge is 2.24. The summed E-state index contributed by atoms with van der Waals surface area (Å²) >= 11 is 0. The Bertz CT molecular complexity index is 314. The lowest BCUT2D eigenvalue weighted by Gasteiger charge is -2.30. The van der Waals surface area contributed by atoms with Gasteiger partial charge in [-0.05, 0) is 49.3 Å². The van der Waals surface area contributed by atoms with Crippen LogP contribution in [0.3, 0.4) is 0 Å². The average Bonchev–Trinajstić information content (AvgIpc) is 2.25. The van der Waals surface area contributed by atoms with Gasteiger partial charge in [0.05, 0.1) is 13.2 Å². The van der Waals surface area contributed by atoms with Crippen LogP contribution < -0.4 is 4.74 Å². The first-order valence-electron chi connectivity index (χ1n) is 6.10. The topological polar surface area (TPSA) is 29.5 Å². The molecule has 1 N–H and O–H groups in total. The molecule has 0 spiro atoms. The largest absolute Gasteiger partial charge is 0.497 e. The zero-order valence-electron chi connectivity index (χ0n) is 9.86. The number of aryl methyl sites for hydroxylation is 1. The van der Waals surface area contributed by atoms with E-state index in [4.69, 9.17) is 4.74 Å². The Labute approximate surface area is 97.3 Å². The first kappa shape index (κ1) is 11.5. The first-order valence-corrected chi connectivity index (χ1v) is 6.10. The van der Waals surface area contributed by atoms with Gasteiger partial charge >= 0.3 is 0 Å². The molecule has 16 heavy (non-hydrogen) atoms. The fraction of sp³-hybridized carbons (Fsp3) is 0.571. The lowest BCUT2D eigenvalue weighted by atomic mass is 9.79. The molecule has 2 nitrogen and oxygen atoms in total. The van der Waals surface area contributed by atoms with Crippen LogP contribution in [0.2, 0.25) is 0 Å². The van der Waals surface area contributed by atoms with Crippen molar-refractivity contribution in [2.45, 2.75) is 38.2 Å². The Morgan fingerprint density at radius 1 is 1.31 bits per heavy atom. The summed E-state index contributed by atoms with van der Waals surface area (Å²) in [5.74, 6) is 1.46. The van der Waals surface area contributed by atoms with Gasteiger partial charge in [-0.15, -0.1) is 0 Å². The van der Waals surface area contributed by atoms with Gasteiger partial charge in [-0.1, -0.05) is 18.6 Å². The Kier molecular flexibility index (Phi) is 3.83. The van der Waals surface area contributed by atoms with Crippen LogP contribution in [-0.2, 0) is 6.42 Å². The molecule has 1 aromatic rings. The van der Waals surface area contributed by atoms with E-state index in [0.717, 1.165) is 18.6 Å². The van der Waals surface area contributed by atoms with E-state index in [9.17, 15) is 5.11 Å². The van der Waals surface area contributed by atoms with Gasteiger partial charge < -0.3 is 9.84 Å². The molecule has 0 heterocycles. The predicted molar refractivity (Wildman–Crippen MR) is 64.7 cm³/mol. The summed E-state index contributed by atoms with van der Waals surface area (Å²) in [7, 11) is 1.68. The van der Waals surface area contributed by atoms with Gasteiger partial charge in [-0.25, -0.2) is 0 Å². The van der Waals surface area contributed by atoms with Crippen molar-refractivity contribution in [2.75, 3.05) is 7.11 Å². The highest BCUT2D eigenvalue weighted by atomic mass is 16.5. The average molecular weight is 220 g/mol. The van der Waals surface area contributed by atoms with Crippen LogP contribution in [0.15, 0.2) is 24.3 Å². The number of aliphatic hydroxyl groups excluding tert-OH is 1. The molecule has 1 unspecified atom stereocenters. The van der Waals surface area contributed by atoms with Gasteiger partial charge in [0.15, 0.2) is 0 Å². The third-order valence-corrected chi connectivity index (χ3v) is 3.58. The SMILES string of the molecule is COc1ccc(CCC(O)C2CCC2)cc1. The highest BCUT2D eigenvalue weighted by molar-refractivity contribution is 5.27. The molecule has 2 heteroatoms. The molecule has 0 bridgehead atoms. The van der Waals surface area contributed by atoms with Crippen LogP contribution in [0.4, 0.5) is 0 Å². The maximum atomic E-state index is 9.91. The minimum absolute atomic E-state index is 0.101. The molecule has 0 radical (unpaired) electrons. The fourth-order valence-electron chi connectivity index (χ4n) is 2.17. The maximum Gasteiger partial charge on any atom is 0.118 e. The van der Waals surface area contributed by atoms with E-state index in [1.165, 1.54) is 24.8 Å². The van der Waals surface area contributed by atoms with Crippen molar-refractivity contribution in [1.29, 1.82) is 0 Å². The van der Waals surface area contributed by atoms with Crippen LogP contribution in [0.1, 0.15) is 31.2 Å². The quantitative estimate of drug-likeness (QED) is 0.826. The van der Waals surface area contributed by atoms with E-state index >= 15 is 0 Å². The summed E-state index contributed by atoms with van der Waals surface area (Å²) < 4.78 is 5.11. The minimum atomic E-state index is -0.101. The van der Waals surface area contributed by atoms with Gasteiger partial charge in [0, 0.05) is 0 Å². The maximum absolute atomic E-state index is 9.91. The van der Waals surface area contributed by atoms with Crippen LogP contribution in [0.25, 0.3) is 0 Å². The van der Waals surface area contributed by atoms with Crippen LogP contribution in [-0.4, -0.2) is 18.3 Å². The van der Waals surface area contributed by atoms with Crippen LogP contribution in [0, 0.1) is 5.92 Å². The molecular formula is C14H20O2. The Morgan fingerprint density at radius 3 is 2.50 bits per heavy atom. The molecule has 88 valence electrons. The molecule has 2 rings (SSSR count). The van der Waals surface area contributed by atoms with Crippen molar-refractivity contribution in [2.24, 2.45) is 5.92 Å². The van der Waals surface area contributed by atoms with E-state index in [-0.39, 0.29) is 6.10 Å². The smallest absolute Gasteiger partial charge is 0.118 e. The summed E-state index contributed by atoms with van der Waals surface area (Å²) in [5.41, 5.74) is 1.28. The molecular weight excluding hydrogens is 200 g/mol. The summed E-state index contributed by atoms with van der Waals surface area (Å²) in [5, 5.41) is 9.91. The molecule has 0 aliphatic heterocycles. The molecule has 1 fully saturated rings. The van der Waals surface area contributed by atoms with Crippen molar-refractivity contribution in [3.8, 4) is 5.75 Å². The molecule has 1 aliphatic carbocycles. The van der Waals surface area contributed by atoms with Crippen molar-refractivity contribution >= 4 is 0 Å². The normalized spacial score (nSPS) is 17.9. The van der Waals surface area contributed by atoms with E-state index in [1.807, 2.05) is 12.1 Å². The number of benzene rings is 1. The van der Waals surface area contributed by atoms with Gasteiger partial charge in [0.1, 0.15) is 5.75 Å². The zero-order valence-corrected chi connectivity index (χ0v) is 9.86. The van der Waals surface area contributed by atoms with Gasteiger partial charge in [-0.2, -0.15) is 0 Å². The van der Waals surface area contributed by atoms with Crippen LogP contribution in [0.5, 0.6) is 5.75 Å². The third-order valence-electron chi connectivity index (χ3n) is 3.58. The Morgan fingerprint density at radius 2 is 2.00 bits per heavy atom. The van der Waals surface area contributed by atoms with Crippen molar-refractivity contribution in [3.63, 3.8) is 0 Å². The Hall–Kier alpha value is -1.02. The van der Waals surface area contributed by atoms with E-state index in [0.29, 0.717) is 5.92 Å². The monoisotopic (exact) mass is 220 g/mol. The second-order valence-corrected chi connectivity index (χ2v) is 4.65. The van der Waals surface area contributed by atoms with E-state index in [2.05, 4.69) is 12.1 Å². The zero-order chi connectivity index (χ0) is 11.4. The number of methoxy groups -OCH3 is 1. The molecule has 0 aromatic heterocycles. The Balaban J connectivity index is 1.79. The lowest BCUT2D eigenvalue weighted by molar-refractivity contribution is 0.0560. The second kappa shape index (κ2) is 5.35.